The summed E-state index contributed by atoms with van der Waals surface area (Å²) in [6.45, 7) is 6.36. The van der Waals surface area contributed by atoms with Crippen molar-refractivity contribution in [2.45, 2.75) is 40.0 Å². The molecule has 0 amide bonds. The Kier molecular flexibility index (Phi) is 6.48. The number of rotatable bonds is 8. The topological polar surface area (TPSA) is 92.3 Å². The number of benzene rings is 1. The van der Waals surface area contributed by atoms with E-state index < -0.39 is 0 Å². The van der Waals surface area contributed by atoms with Gasteiger partial charge in [-0.05, 0) is 50.1 Å². The zero-order valence-electron chi connectivity index (χ0n) is 14.3. The highest BCUT2D eigenvalue weighted by atomic mass is 16.5. The van der Waals surface area contributed by atoms with E-state index in [-0.39, 0.29) is 11.5 Å². The van der Waals surface area contributed by atoms with Crippen LogP contribution in [0, 0.1) is 6.92 Å². The Morgan fingerprint density at radius 3 is 2.67 bits per heavy atom. The standard InChI is InChI=1S/C17H23N5O2/c1-4-5-6-11-24-15-9-7-14(8-10-15)12(2)19-21-17-18-16(23)13(3)20-22-17/h7-10H,4-6,11H2,1-3H3,(H2,18,21,22,23)/b19-12-. The largest absolute Gasteiger partial charge is 0.494 e. The SMILES string of the molecule is CCCCCOc1ccc(/C(C)=N\Nc2nnc(C)c(=O)[nH]2)cc1. The van der Waals surface area contributed by atoms with Crippen molar-refractivity contribution in [1.82, 2.24) is 15.2 Å². The highest BCUT2D eigenvalue weighted by Gasteiger charge is 2.01. The van der Waals surface area contributed by atoms with E-state index in [1.165, 1.54) is 12.8 Å². The Morgan fingerprint density at radius 1 is 1.25 bits per heavy atom. The maximum Gasteiger partial charge on any atom is 0.274 e. The van der Waals surface area contributed by atoms with E-state index in [1.807, 2.05) is 31.2 Å². The molecule has 0 unspecified atom stereocenters. The van der Waals surface area contributed by atoms with Gasteiger partial charge in [-0.25, -0.2) is 5.43 Å². The maximum atomic E-state index is 11.5. The molecule has 1 aromatic heterocycles. The molecule has 0 bridgehead atoms. The van der Waals surface area contributed by atoms with Crippen LogP contribution in [0.4, 0.5) is 5.95 Å². The van der Waals surface area contributed by atoms with Gasteiger partial charge in [0, 0.05) is 0 Å². The van der Waals surface area contributed by atoms with Crippen molar-refractivity contribution < 1.29 is 4.74 Å². The molecule has 2 aromatic rings. The fourth-order valence-electron chi connectivity index (χ4n) is 1.98. The first-order valence-corrected chi connectivity index (χ1v) is 8.07. The number of nitrogens with zero attached hydrogens (tertiary/aromatic N) is 3. The quantitative estimate of drug-likeness (QED) is 0.441. The second-order valence-corrected chi connectivity index (χ2v) is 5.48. The number of hydrogen-bond donors (Lipinski definition) is 2. The molecule has 0 aliphatic carbocycles. The number of H-pyrrole nitrogens is 1. The number of ether oxygens (including phenoxy) is 1. The second-order valence-electron chi connectivity index (χ2n) is 5.48. The molecule has 0 aliphatic rings. The Balaban J connectivity index is 1.94. The van der Waals surface area contributed by atoms with Gasteiger partial charge in [0.15, 0.2) is 0 Å². The van der Waals surface area contributed by atoms with Crippen molar-refractivity contribution in [3.8, 4) is 5.75 Å². The molecule has 0 spiro atoms. The average molecular weight is 329 g/mol. The minimum absolute atomic E-state index is 0.209. The number of unbranched alkanes of at least 4 members (excludes halogenated alkanes) is 2. The summed E-state index contributed by atoms with van der Waals surface area (Å²) in [4.78, 5) is 14.0. The zero-order chi connectivity index (χ0) is 17.4. The highest BCUT2D eigenvalue weighted by Crippen LogP contribution is 2.13. The normalized spacial score (nSPS) is 11.4. The first-order chi connectivity index (χ1) is 11.6. The fraction of sp³-hybridized carbons (Fsp3) is 0.412. The van der Waals surface area contributed by atoms with Crippen LogP contribution >= 0.6 is 0 Å². The average Bonchev–Trinajstić information content (AvgIpc) is 2.60. The predicted molar refractivity (Wildman–Crippen MR) is 94.7 cm³/mol. The molecule has 0 saturated heterocycles. The van der Waals surface area contributed by atoms with Crippen LogP contribution in [0.2, 0.25) is 0 Å². The lowest BCUT2D eigenvalue weighted by Crippen LogP contribution is -2.16. The third-order valence-corrected chi connectivity index (χ3v) is 3.48. The number of aromatic nitrogens is 3. The van der Waals surface area contributed by atoms with Gasteiger partial charge in [0.2, 0.25) is 5.95 Å². The summed E-state index contributed by atoms with van der Waals surface area (Å²) in [5.41, 5.74) is 4.44. The van der Waals surface area contributed by atoms with E-state index in [0.29, 0.717) is 5.69 Å². The van der Waals surface area contributed by atoms with E-state index in [4.69, 9.17) is 4.74 Å². The van der Waals surface area contributed by atoms with Crippen LogP contribution in [0.25, 0.3) is 0 Å². The molecule has 24 heavy (non-hydrogen) atoms. The zero-order valence-corrected chi connectivity index (χ0v) is 14.3. The first-order valence-electron chi connectivity index (χ1n) is 8.07. The van der Waals surface area contributed by atoms with Gasteiger partial charge in [-0.2, -0.15) is 5.10 Å². The van der Waals surface area contributed by atoms with Gasteiger partial charge in [0.05, 0.1) is 12.3 Å². The van der Waals surface area contributed by atoms with Crippen LogP contribution < -0.4 is 15.7 Å². The maximum absolute atomic E-state index is 11.5. The van der Waals surface area contributed by atoms with Crippen LogP contribution in [0.15, 0.2) is 34.2 Å². The number of anilines is 1. The molecule has 2 rings (SSSR count). The minimum Gasteiger partial charge on any atom is -0.494 e. The molecule has 0 fully saturated rings. The smallest absolute Gasteiger partial charge is 0.274 e. The summed E-state index contributed by atoms with van der Waals surface area (Å²) in [5.74, 6) is 1.06. The van der Waals surface area contributed by atoms with Gasteiger partial charge in [0.1, 0.15) is 11.4 Å². The first kappa shape index (κ1) is 17.7. The molecule has 7 heteroatoms. The Bertz CT molecular complexity index is 737. The molecular formula is C17H23N5O2. The summed E-state index contributed by atoms with van der Waals surface area (Å²) in [5, 5.41) is 11.8. The van der Waals surface area contributed by atoms with Gasteiger partial charge in [0.25, 0.3) is 5.56 Å². The lowest BCUT2D eigenvalue weighted by Gasteiger charge is -2.07. The Morgan fingerprint density at radius 2 is 2.00 bits per heavy atom. The fourth-order valence-corrected chi connectivity index (χ4v) is 1.98. The van der Waals surface area contributed by atoms with Gasteiger partial charge in [-0.3, -0.25) is 9.78 Å². The van der Waals surface area contributed by atoms with E-state index in [1.54, 1.807) is 6.92 Å². The van der Waals surface area contributed by atoms with Crippen molar-refractivity contribution in [3.05, 3.63) is 45.9 Å². The molecule has 0 saturated carbocycles. The van der Waals surface area contributed by atoms with E-state index in [0.717, 1.165) is 30.1 Å². The van der Waals surface area contributed by atoms with Crippen molar-refractivity contribution in [1.29, 1.82) is 0 Å². The molecule has 128 valence electrons. The number of hydrazone groups is 1. The molecule has 0 radical (unpaired) electrons. The van der Waals surface area contributed by atoms with Crippen molar-refractivity contribution in [3.63, 3.8) is 0 Å². The second kappa shape index (κ2) is 8.81. The number of nitrogens with one attached hydrogen (secondary N) is 2. The van der Waals surface area contributed by atoms with E-state index >= 15 is 0 Å². The lowest BCUT2D eigenvalue weighted by molar-refractivity contribution is 0.306. The Labute approximate surface area is 141 Å². The molecule has 2 N–H and O–H groups in total. The number of aryl methyl sites for hydroxylation is 1. The van der Waals surface area contributed by atoms with E-state index in [9.17, 15) is 4.79 Å². The highest BCUT2D eigenvalue weighted by molar-refractivity contribution is 5.99. The monoisotopic (exact) mass is 329 g/mol. The number of hydrogen-bond acceptors (Lipinski definition) is 6. The van der Waals surface area contributed by atoms with Crippen LogP contribution in [-0.4, -0.2) is 27.5 Å². The van der Waals surface area contributed by atoms with Crippen molar-refractivity contribution in [2.75, 3.05) is 12.0 Å². The molecule has 7 nitrogen and oxygen atoms in total. The Hall–Kier alpha value is -2.70. The van der Waals surface area contributed by atoms with Crippen LogP contribution in [-0.2, 0) is 0 Å². The molecule has 0 aliphatic heterocycles. The van der Waals surface area contributed by atoms with Crippen molar-refractivity contribution in [2.24, 2.45) is 5.10 Å². The van der Waals surface area contributed by atoms with Crippen LogP contribution in [0.1, 0.15) is 44.4 Å². The number of aromatic amines is 1. The summed E-state index contributed by atoms with van der Waals surface area (Å²) in [6, 6.07) is 7.74. The molecule has 0 atom stereocenters. The minimum atomic E-state index is -0.287. The summed E-state index contributed by atoms with van der Waals surface area (Å²) >= 11 is 0. The summed E-state index contributed by atoms with van der Waals surface area (Å²) in [6.07, 6.45) is 3.43. The summed E-state index contributed by atoms with van der Waals surface area (Å²) < 4.78 is 5.68. The molecule has 1 aromatic carbocycles. The van der Waals surface area contributed by atoms with Gasteiger partial charge >= 0.3 is 0 Å². The molecule has 1 heterocycles. The van der Waals surface area contributed by atoms with Crippen LogP contribution in [0.5, 0.6) is 5.75 Å². The van der Waals surface area contributed by atoms with Crippen molar-refractivity contribution >= 4 is 11.7 Å². The molecular weight excluding hydrogens is 306 g/mol. The third-order valence-electron chi connectivity index (χ3n) is 3.48. The summed E-state index contributed by atoms with van der Waals surface area (Å²) in [7, 11) is 0. The van der Waals surface area contributed by atoms with E-state index in [2.05, 4.69) is 32.6 Å². The lowest BCUT2D eigenvalue weighted by atomic mass is 10.1. The third kappa shape index (κ3) is 5.19. The predicted octanol–water partition coefficient (Wildman–Crippen LogP) is 2.88. The van der Waals surface area contributed by atoms with Gasteiger partial charge < -0.3 is 4.74 Å². The van der Waals surface area contributed by atoms with Gasteiger partial charge in [-0.1, -0.05) is 19.8 Å². The van der Waals surface area contributed by atoms with Crippen LogP contribution in [0.3, 0.4) is 0 Å². The van der Waals surface area contributed by atoms with Gasteiger partial charge in [-0.15, -0.1) is 10.2 Å².